The molecular weight excluding hydrogens is 329 g/mol. The fourth-order valence-corrected chi connectivity index (χ4v) is 2.46. The Labute approximate surface area is 141 Å². The van der Waals surface area contributed by atoms with Crippen LogP contribution in [0.2, 0.25) is 0 Å². The summed E-state index contributed by atoms with van der Waals surface area (Å²) in [4.78, 5) is 16.7. The van der Waals surface area contributed by atoms with Gasteiger partial charge in [0.25, 0.3) is 5.91 Å². The van der Waals surface area contributed by atoms with Crippen LogP contribution >= 0.6 is 0 Å². The minimum absolute atomic E-state index is 0.0101. The van der Waals surface area contributed by atoms with Crippen LogP contribution in [0.4, 0.5) is 18.9 Å². The first kappa shape index (κ1) is 16.7. The number of benzene rings is 2. The fraction of sp³-hybridized carbons (Fsp3) is 0.0526. The monoisotopic (exact) mass is 342 g/mol. The van der Waals surface area contributed by atoms with Crippen LogP contribution in [-0.2, 0) is 4.79 Å². The Hall–Kier alpha value is -3.15. The number of aromatic nitrogens is 1. The zero-order chi connectivity index (χ0) is 17.9. The van der Waals surface area contributed by atoms with Gasteiger partial charge in [-0.1, -0.05) is 48.5 Å². The second-order valence-electron chi connectivity index (χ2n) is 5.30. The van der Waals surface area contributed by atoms with Crippen LogP contribution in [0.15, 0.2) is 72.9 Å². The number of amides is 1. The molecule has 126 valence electrons. The van der Waals surface area contributed by atoms with Gasteiger partial charge < -0.3 is 5.32 Å². The molecule has 0 saturated heterocycles. The third-order valence-corrected chi connectivity index (χ3v) is 3.52. The Kier molecular flexibility index (Phi) is 4.52. The lowest BCUT2D eigenvalue weighted by Gasteiger charge is -2.12. The molecule has 2 aromatic carbocycles. The molecule has 3 nitrogen and oxygen atoms in total. The molecule has 3 aromatic rings. The number of nitrogens with zero attached hydrogens (tertiary/aromatic N) is 1. The summed E-state index contributed by atoms with van der Waals surface area (Å²) in [6.45, 7) is 0. The highest BCUT2D eigenvalue weighted by Gasteiger charge is 2.27. The van der Waals surface area contributed by atoms with E-state index in [0.717, 1.165) is 5.39 Å². The molecule has 1 N–H and O–H groups in total. The van der Waals surface area contributed by atoms with Gasteiger partial charge in [-0.3, -0.25) is 9.78 Å². The van der Waals surface area contributed by atoms with E-state index in [2.05, 4.69) is 10.3 Å². The number of pyridine rings is 1. The lowest BCUT2D eigenvalue weighted by Crippen LogP contribution is -2.17. The number of carbonyl (C=O) groups is 1. The Morgan fingerprint density at radius 2 is 1.68 bits per heavy atom. The van der Waals surface area contributed by atoms with E-state index in [1.165, 1.54) is 12.1 Å². The van der Waals surface area contributed by atoms with Crippen LogP contribution in [-0.4, -0.2) is 17.1 Å². The highest BCUT2D eigenvalue weighted by atomic mass is 19.4. The van der Waals surface area contributed by atoms with Gasteiger partial charge in [0.15, 0.2) is 0 Å². The Bertz CT molecular complexity index is 929. The molecule has 3 rings (SSSR count). The summed E-state index contributed by atoms with van der Waals surface area (Å²) in [5.41, 5.74) is 0.594. The second kappa shape index (κ2) is 6.76. The Morgan fingerprint density at radius 1 is 0.960 bits per heavy atom. The van der Waals surface area contributed by atoms with Crippen LogP contribution in [0.1, 0.15) is 5.56 Å². The minimum Gasteiger partial charge on any atom is -0.320 e. The van der Waals surface area contributed by atoms with Crippen molar-refractivity contribution in [3.63, 3.8) is 0 Å². The van der Waals surface area contributed by atoms with Crippen molar-refractivity contribution >= 4 is 28.1 Å². The van der Waals surface area contributed by atoms with E-state index >= 15 is 0 Å². The molecule has 0 aliphatic rings. The van der Waals surface area contributed by atoms with Gasteiger partial charge in [-0.05, 0) is 17.7 Å². The molecule has 6 heteroatoms. The lowest BCUT2D eigenvalue weighted by molar-refractivity contribution is -0.111. The first-order valence-electron chi connectivity index (χ1n) is 7.44. The van der Waals surface area contributed by atoms with E-state index in [1.807, 2.05) is 12.1 Å². The molecule has 0 bridgehead atoms. The number of carbonyl (C=O) groups excluding carboxylic acids is 1. The number of hydrogen-bond donors (Lipinski definition) is 1. The number of hydrogen-bond acceptors (Lipinski definition) is 2. The summed E-state index contributed by atoms with van der Waals surface area (Å²) in [5, 5.41) is 3.32. The van der Waals surface area contributed by atoms with Crippen molar-refractivity contribution in [2.24, 2.45) is 0 Å². The SMILES string of the molecule is O=C(Nc1cccc2cccnc12)/C(=C\C(F)(F)F)c1ccccc1. The van der Waals surface area contributed by atoms with Crippen LogP contribution in [0.3, 0.4) is 0 Å². The van der Waals surface area contributed by atoms with Gasteiger partial charge in [0.2, 0.25) is 0 Å². The number of fused-ring (bicyclic) bond motifs is 1. The van der Waals surface area contributed by atoms with E-state index in [0.29, 0.717) is 11.2 Å². The fourth-order valence-electron chi connectivity index (χ4n) is 2.46. The van der Waals surface area contributed by atoms with Crippen molar-refractivity contribution in [1.29, 1.82) is 0 Å². The molecule has 25 heavy (non-hydrogen) atoms. The van der Waals surface area contributed by atoms with Crippen molar-refractivity contribution in [3.05, 3.63) is 78.5 Å². The standard InChI is InChI=1S/C19H13F3N2O/c20-19(21,22)12-15(13-6-2-1-3-7-13)18(25)24-16-10-4-8-14-9-5-11-23-17(14)16/h1-12H,(H,24,25)/b15-12-. The normalized spacial score (nSPS) is 12.2. The van der Waals surface area contributed by atoms with E-state index in [4.69, 9.17) is 0 Å². The number of rotatable bonds is 3. The van der Waals surface area contributed by atoms with Gasteiger partial charge >= 0.3 is 6.18 Å². The molecule has 1 aromatic heterocycles. The van der Waals surface area contributed by atoms with Crippen LogP contribution < -0.4 is 5.32 Å². The van der Waals surface area contributed by atoms with E-state index in [-0.39, 0.29) is 11.6 Å². The molecular formula is C19H13F3N2O. The van der Waals surface area contributed by atoms with Gasteiger partial charge in [0, 0.05) is 17.7 Å². The molecule has 1 heterocycles. The van der Waals surface area contributed by atoms with Gasteiger partial charge in [0.05, 0.1) is 16.8 Å². The highest BCUT2D eigenvalue weighted by Crippen LogP contribution is 2.27. The quantitative estimate of drug-likeness (QED) is 0.694. The molecule has 0 atom stereocenters. The van der Waals surface area contributed by atoms with Crippen LogP contribution in [0.25, 0.3) is 16.5 Å². The van der Waals surface area contributed by atoms with Gasteiger partial charge in [-0.2, -0.15) is 13.2 Å². The summed E-state index contributed by atoms with van der Waals surface area (Å²) in [7, 11) is 0. The lowest BCUT2D eigenvalue weighted by atomic mass is 10.0. The third-order valence-electron chi connectivity index (χ3n) is 3.52. The van der Waals surface area contributed by atoms with E-state index in [1.54, 1.807) is 42.6 Å². The minimum atomic E-state index is -4.61. The van der Waals surface area contributed by atoms with Gasteiger partial charge in [-0.25, -0.2) is 0 Å². The number of para-hydroxylation sites is 1. The average Bonchev–Trinajstić information content (AvgIpc) is 2.60. The molecule has 0 saturated carbocycles. The number of halogens is 3. The van der Waals surface area contributed by atoms with Crippen molar-refractivity contribution in [1.82, 2.24) is 4.98 Å². The van der Waals surface area contributed by atoms with Crippen molar-refractivity contribution in [3.8, 4) is 0 Å². The second-order valence-corrected chi connectivity index (χ2v) is 5.30. The largest absolute Gasteiger partial charge is 0.410 e. The zero-order valence-corrected chi connectivity index (χ0v) is 12.9. The van der Waals surface area contributed by atoms with Crippen molar-refractivity contribution < 1.29 is 18.0 Å². The molecule has 1 amide bonds. The summed E-state index contributed by atoms with van der Waals surface area (Å²) >= 11 is 0. The maximum atomic E-state index is 12.9. The van der Waals surface area contributed by atoms with E-state index in [9.17, 15) is 18.0 Å². The summed E-state index contributed by atoms with van der Waals surface area (Å²) in [5.74, 6) is -0.846. The first-order chi connectivity index (χ1) is 11.9. The zero-order valence-electron chi connectivity index (χ0n) is 12.9. The molecule has 0 aliphatic heterocycles. The maximum absolute atomic E-state index is 12.9. The third kappa shape index (κ3) is 4.03. The molecule has 0 spiro atoms. The van der Waals surface area contributed by atoms with Gasteiger partial charge in [0.1, 0.15) is 0 Å². The Morgan fingerprint density at radius 3 is 2.40 bits per heavy atom. The maximum Gasteiger partial charge on any atom is 0.410 e. The van der Waals surface area contributed by atoms with Crippen LogP contribution in [0, 0.1) is 0 Å². The predicted molar refractivity (Wildman–Crippen MR) is 90.8 cm³/mol. The molecule has 0 fully saturated rings. The number of alkyl halides is 3. The van der Waals surface area contributed by atoms with Crippen LogP contribution in [0.5, 0.6) is 0 Å². The highest BCUT2D eigenvalue weighted by molar-refractivity contribution is 6.26. The summed E-state index contributed by atoms with van der Waals surface area (Å²) in [6.07, 6.45) is -3.04. The first-order valence-corrected chi connectivity index (χ1v) is 7.44. The van der Waals surface area contributed by atoms with Gasteiger partial charge in [-0.15, -0.1) is 0 Å². The molecule has 0 unspecified atom stereocenters. The van der Waals surface area contributed by atoms with Crippen molar-refractivity contribution in [2.75, 3.05) is 5.32 Å². The number of anilines is 1. The number of allylic oxidation sites excluding steroid dienone is 1. The Balaban J connectivity index is 2.00. The molecule has 0 aliphatic carbocycles. The average molecular weight is 342 g/mol. The molecule has 0 radical (unpaired) electrons. The smallest absolute Gasteiger partial charge is 0.320 e. The topological polar surface area (TPSA) is 42.0 Å². The van der Waals surface area contributed by atoms with E-state index < -0.39 is 17.7 Å². The summed E-state index contributed by atoms with van der Waals surface area (Å²) < 4.78 is 38.6. The predicted octanol–water partition coefficient (Wildman–Crippen LogP) is 4.82. The summed E-state index contributed by atoms with van der Waals surface area (Å²) in [6, 6.07) is 16.4. The van der Waals surface area contributed by atoms with Crippen molar-refractivity contribution in [2.45, 2.75) is 6.18 Å². The number of nitrogens with one attached hydrogen (secondary N) is 1.